The van der Waals surface area contributed by atoms with Gasteiger partial charge in [0.15, 0.2) is 0 Å². The minimum atomic E-state index is -1.11. The number of benzene rings is 2. The molecule has 25 heavy (non-hydrogen) atoms. The van der Waals surface area contributed by atoms with Crippen molar-refractivity contribution in [3.63, 3.8) is 0 Å². The Balaban J connectivity index is 1.94. The van der Waals surface area contributed by atoms with Gasteiger partial charge in [-0.25, -0.2) is 4.79 Å². The minimum absolute atomic E-state index is 0.0506. The lowest BCUT2D eigenvalue weighted by molar-refractivity contribution is 0.0699. The van der Waals surface area contributed by atoms with Gasteiger partial charge in [-0.15, -0.1) is 11.3 Å². The van der Waals surface area contributed by atoms with Crippen LogP contribution in [0.2, 0.25) is 10.0 Å². The van der Waals surface area contributed by atoms with Crippen molar-refractivity contribution < 1.29 is 14.7 Å². The summed E-state index contributed by atoms with van der Waals surface area (Å²) in [5, 5.41) is 15.3. The third kappa shape index (κ3) is 3.85. The first-order chi connectivity index (χ1) is 12.0. The molecule has 0 saturated heterocycles. The van der Waals surface area contributed by atoms with E-state index in [1.807, 2.05) is 0 Å². The third-order valence-electron chi connectivity index (χ3n) is 3.49. The normalized spacial score (nSPS) is 10.5. The average Bonchev–Trinajstić information content (AvgIpc) is 3.00. The molecule has 3 rings (SSSR count). The monoisotopic (exact) mass is 391 g/mol. The Labute approximate surface area is 157 Å². The van der Waals surface area contributed by atoms with Gasteiger partial charge in [0.2, 0.25) is 0 Å². The quantitative estimate of drug-likeness (QED) is 0.601. The van der Waals surface area contributed by atoms with E-state index in [1.165, 1.54) is 0 Å². The van der Waals surface area contributed by atoms with E-state index < -0.39 is 11.9 Å². The van der Waals surface area contributed by atoms with E-state index in [2.05, 4.69) is 5.32 Å². The van der Waals surface area contributed by atoms with Crippen molar-refractivity contribution in [2.75, 3.05) is 5.32 Å². The summed E-state index contributed by atoms with van der Waals surface area (Å²) in [5.74, 6) is -1.51. The van der Waals surface area contributed by atoms with E-state index in [-0.39, 0.29) is 10.6 Å². The van der Waals surface area contributed by atoms with Gasteiger partial charge >= 0.3 is 5.97 Å². The first-order valence-corrected chi connectivity index (χ1v) is 8.77. The predicted molar refractivity (Wildman–Crippen MR) is 101 cm³/mol. The Kier molecular flexibility index (Phi) is 5.08. The number of anilines is 1. The SMILES string of the molecule is O=C(Nc1scc(-c2ccc(Cl)cc2)c1C(=O)O)c1ccc(Cl)cc1. The van der Waals surface area contributed by atoms with Crippen molar-refractivity contribution in [3.05, 3.63) is 75.1 Å². The molecule has 0 saturated carbocycles. The lowest BCUT2D eigenvalue weighted by atomic mass is 10.0. The maximum Gasteiger partial charge on any atom is 0.339 e. The summed E-state index contributed by atoms with van der Waals surface area (Å²) in [6.07, 6.45) is 0. The number of carbonyl (C=O) groups excluding carboxylic acids is 1. The average molecular weight is 392 g/mol. The van der Waals surface area contributed by atoms with Gasteiger partial charge in [0.1, 0.15) is 10.6 Å². The standard InChI is InChI=1S/C18H11Cl2NO3S/c19-12-5-1-10(2-6-12)14-9-25-17(15(14)18(23)24)21-16(22)11-3-7-13(20)8-4-11/h1-9H,(H,21,22)(H,23,24). The zero-order chi connectivity index (χ0) is 18.0. The second-order valence-corrected chi connectivity index (χ2v) is 6.88. The molecule has 0 radical (unpaired) electrons. The van der Waals surface area contributed by atoms with Gasteiger partial charge in [0.25, 0.3) is 5.91 Å². The molecule has 1 amide bonds. The fourth-order valence-corrected chi connectivity index (χ4v) is 3.49. The second kappa shape index (κ2) is 7.27. The Morgan fingerprint density at radius 3 is 2.04 bits per heavy atom. The highest BCUT2D eigenvalue weighted by atomic mass is 35.5. The van der Waals surface area contributed by atoms with Crippen LogP contribution < -0.4 is 5.32 Å². The van der Waals surface area contributed by atoms with Gasteiger partial charge in [-0.05, 0) is 42.0 Å². The predicted octanol–water partition coefficient (Wildman–Crippen LogP) is 5.67. The molecular weight excluding hydrogens is 381 g/mol. The van der Waals surface area contributed by atoms with Crippen molar-refractivity contribution >= 4 is 51.4 Å². The summed E-state index contributed by atoms with van der Waals surface area (Å²) in [7, 11) is 0. The molecule has 126 valence electrons. The molecule has 0 spiro atoms. The van der Waals surface area contributed by atoms with E-state index in [1.54, 1.807) is 53.9 Å². The smallest absolute Gasteiger partial charge is 0.339 e. The van der Waals surface area contributed by atoms with E-state index in [0.29, 0.717) is 26.7 Å². The molecule has 0 unspecified atom stereocenters. The molecule has 2 aromatic carbocycles. The summed E-state index contributed by atoms with van der Waals surface area (Å²) in [4.78, 5) is 24.1. The number of hydrogen-bond acceptors (Lipinski definition) is 3. The molecule has 2 N–H and O–H groups in total. The van der Waals surface area contributed by atoms with Crippen LogP contribution >= 0.6 is 34.5 Å². The summed E-state index contributed by atoms with van der Waals surface area (Å²) < 4.78 is 0. The van der Waals surface area contributed by atoms with Gasteiger partial charge in [0.05, 0.1) is 0 Å². The fraction of sp³-hybridized carbons (Fsp3) is 0. The molecule has 4 nitrogen and oxygen atoms in total. The Morgan fingerprint density at radius 1 is 0.920 bits per heavy atom. The molecule has 1 heterocycles. The largest absolute Gasteiger partial charge is 0.478 e. The zero-order valence-electron chi connectivity index (χ0n) is 12.6. The van der Waals surface area contributed by atoms with Gasteiger partial charge in [-0.1, -0.05) is 35.3 Å². The molecule has 0 atom stereocenters. The van der Waals surface area contributed by atoms with Crippen molar-refractivity contribution in [3.8, 4) is 11.1 Å². The van der Waals surface area contributed by atoms with Crippen LogP contribution in [0.5, 0.6) is 0 Å². The zero-order valence-corrected chi connectivity index (χ0v) is 15.0. The summed E-state index contributed by atoms with van der Waals surface area (Å²) in [5.41, 5.74) is 1.68. The Hall–Kier alpha value is -2.34. The number of carboxylic acids is 1. The minimum Gasteiger partial charge on any atom is -0.478 e. The van der Waals surface area contributed by atoms with Crippen LogP contribution in [0.25, 0.3) is 11.1 Å². The summed E-state index contributed by atoms with van der Waals surface area (Å²) >= 11 is 12.8. The number of carbonyl (C=O) groups is 2. The number of carboxylic acid groups (broad SMARTS) is 1. The highest BCUT2D eigenvalue weighted by Crippen LogP contribution is 2.36. The van der Waals surface area contributed by atoms with Crippen LogP contribution in [-0.2, 0) is 0 Å². The van der Waals surface area contributed by atoms with Crippen LogP contribution in [-0.4, -0.2) is 17.0 Å². The van der Waals surface area contributed by atoms with Gasteiger partial charge in [-0.2, -0.15) is 0 Å². The van der Waals surface area contributed by atoms with E-state index >= 15 is 0 Å². The molecule has 1 aromatic heterocycles. The fourth-order valence-electron chi connectivity index (χ4n) is 2.28. The topological polar surface area (TPSA) is 66.4 Å². The maximum atomic E-state index is 12.3. The number of nitrogens with one attached hydrogen (secondary N) is 1. The number of rotatable bonds is 4. The second-order valence-electron chi connectivity index (χ2n) is 5.13. The molecule has 3 aromatic rings. The van der Waals surface area contributed by atoms with Crippen LogP contribution in [0.15, 0.2) is 53.9 Å². The highest BCUT2D eigenvalue weighted by Gasteiger charge is 2.21. The molecule has 7 heteroatoms. The molecule has 0 aliphatic heterocycles. The Morgan fingerprint density at radius 2 is 1.48 bits per heavy atom. The molecule has 0 aliphatic rings. The Bertz CT molecular complexity index is 934. The number of hydrogen-bond donors (Lipinski definition) is 2. The van der Waals surface area contributed by atoms with Crippen LogP contribution in [0.1, 0.15) is 20.7 Å². The first kappa shape index (κ1) is 17.5. The molecule has 0 fully saturated rings. The van der Waals surface area contributed by atoms with Crippen molar-refractivity contribution in [2.24, 2.45) is 0 Å². The highest BCUT2D eigenvalue weighted by molar-refractivity contribution is 7.15. The number of halogens is 2. The van der Waals surface area contributed by atoms with Gasteiger partial charge in [0, 0.05) is 26.6 Å². The summed E-state index contributed by atoms with van der Waals surface area (Å²) in [6.45, 7) is 0. The number of amides is 1. The van der Waals surface area contributed by atoms with Gasteiger partial charge in [-0.3, -0.25) is 4.79 Å². The molecule has 0 bridgehead atoms. The van der Waals surface area contributed by atoms with E-state index in [4.69, 9.17) is 23.2 Å². The van der Waals surface area contributed by atoms with Crippen molar-refractivity contribution in [1.29, 1.82) is 0 Å². The third-order valence-corrected chi connectivity index (χ3v) is 4.89. The van der Waals surface area contributed by atoms with Crippen molar-refractivity contribution in [2.45, 2.75) is 0 Å². The van der Waals surface area contributed by atoms with Crippen LogP contribution in [0.3, 0.4) is 0 Å². The first-order valence-electron chi connectivity index (χ1n) is 7.13. The number of aromatic carboxylic acids is 1. The van der Waals surface area contributed by atoms with Crippen LogP contribution in [0.4, 0.5) is 5.00 Å². The van der Waals surface area contributed by atoms with Crippen molar-refractivity contribution in [1.82, 2.24) is 0 Å². The maximum absolute atomic E-state index is 12.3. The summed E-state index contributed by atoms with van der Waals surface area (Å²) in [6, 6.07) is 13.2. The van der Waals surface area contributed by atoms with E-state index in [9.17, 15) is 14.7 Å². The number of thiophene rings is 1. The lowest BCUT2D eigenvalue weighted by Crippen LogP contribution is -2.13. The van der Waals surface area contributed by atoms with Crippen LogP contribution in [0, 0.1) is 0 Å². The molecule has 0 aliphatic carbocycles. The van der Waals surface area contributed by atoms with Gasteiger partial charge < -0.3 is 10.4 Å². The lowest BCUT2D eigenvalue weighted by Gasteiger charge is -2.06. The molecular formula is C18H11Cl2NO3S. The van der Waals surface area contributed by atoms with E-state index in [0.717, 1.165) is 11.3 Å².